The Hall–Kier alpha value is -3.39. The number of rotatable bonds is 4. The average Bonchev–Trinajstić information content (AvgIpc) is 2.71. The number of hydrogen-bond donors (Lipinski definition) is 1. The van der Waals surface area contributed by atoms with Crippen molar-refractivity contribution in [2.24, 2.45) is 0 Å². The van der Waals surface area contributed by atoms with Gasteiger partial charge in [-0.3, -0.25) is 0 Å². The quantitative estimate of drug-likeness (QED) is 0.800. The van der Waals surface area contributed by atoms with Gasteiger partial charge in [0.1, 0.15) is 12.4 Å². The van der Waals surface area contributed by atoms with Crippen LogP contribution < -0.4 is 4.90 Å². The summed E-state index contributed by atoms with van der Waals surface area (Å²) in [5, 5.41) is 11.0. The minimum absolute atomic E-state index is 0.00445. The molecule has 0 atom stereocenters. The molecule has 0 radical (unpaired) electrons. The molecule has 0 fully saturated rings. The molecule has 0 aliphatic carbocycles. The van der Waals surface area contributed by atoms with E-state index in [0.717, 1.165) is 0 Å². The van der Waals surface area contributed by atoms with Gasteiger partial charge in [-0.2, -0.15) is 0 Å². The van der Waals surface area contributed by atoms with Gasteiger partial charge in [0.2, 0.25) is 0 Å². The lowest BCUT2D eigenvalue weighted by Gasteiger charge is -2.33. The molecule has 0 spiro atoms. The molecule has 0 bridgehead atoms. The molecular formula is C20H19NO7. The van der Waals surface area contributed by atoms with Gasteiger partial charge in [0.15, 0.2) is 0 Å². The fraction of sp³-hybridized carbons (Fsp3) is 0.250. The van der Waals surface area contributed by atoms with Crippen LogP contribution in [0.25, 0.3) is 10.8 Å². The van der Waals surface area contributed by atoms with E-state index in [0.29, 0.717) is 22.0 Å². The molecule has 1 heterocycles. The second-order valence-electron chi connectivity index (χ2n) is 6.14. The van der Waals surface area contributed by atoms with Crippen LogP contribution in [0.15, 0.2) is 41.6 Å². The van der Waals surface area contributed by atoms with Crippen molar-refractivity contribution in [1.29, 1.82) is 0 Å². The average molecular weight is 385 g/mol. The Kier molecular flexibility index (Phi) is 5.32. The summed E-state index contributed by atoms with van der Waals surface area (Å²) in [6.07, 6.45) is 0. The van der Waals surface area contributed by atoms with E-state index in [-0.39, 0.29) is 30.2 Å². The number of fused-ring (bicyclic) bond motifs is 1. The minimum atomic E-state index is -1.10. The Morgan fingerprint density at radius 1 is 1.11 bits per heavy atom. The smallest absolute Gasteiger partial charge is 0.355 e. The molecule has 0 unspecified atom stereocenters. The van der Waals surface area contributed by atoms with E-state index in [1.54, 1.807) is 31.2 Å². The van der Waals surface area contributed by atoms with Crippen LogP contribution in [0.5, 0.6) is 0 Å². The molecule has 0 saturated carbocycles. The van der Waals surface area contributed by atoms with Crippen LogP contribution in [0, 0.1) is 6.92 Å². The monoisotopic (exact) mass is 385 g/mol. The van der Waals surface area contributed by atoms with Gasteiger partial charge in [-0.25, -0.2) is 14.4 Å². The van der Waals surface area contributed by atoms with E-state index in [4.69, 9.17) is 14.2 Å². The number of carboxylic acid groups (broad SMARTS) is 1. The molecule has 1 N–H and O–H groups in total. The number of carbonyl (C=O) groups excluding carboxylic acids is 2. The van der Waals surface area contributed by atoms with Gasteiger partial charge in [0.05, 0.1) is 37.7 Å². The number of anilines is 1. The first-order valence-corrected chi connectivity index (χ1v) is 8.41. The van der Waals surface area contributed by atoms with Gasteiger partial charge in [0.25, 0.3) is 0 Å². The number of carboxylic acids is 1. The highest BCUT2D eigenvalue weighted by molar-refractivity contribution is 6.09. The van der Waals surface area contributed by atoms with Gasteiger partial charge in [-0.15, -0.1) is 0 Å². The molecule has 3 rings (SSSR count). The first kappa shape index (κ1) is 19.4. The standard InChI is InChI=1S/C20H19NO7/c1-11-14(18(22)23)8-12-6-4-5-7-13(12)16(11)21-10-28-9-15(19(24)26-2)17(21)20(25)27-3/h4-8H,9-10H2,1-3H3,(H,22,23). The van der Waals surface area contributed by atoms with E-state index >= 15 is 0 Å². The molecule has 0 saturated heterocycles. The molecule has 146 valence electrons. The van der Waals surface area contributed by atoms with E-state index < -0.39 is 17.9 Å². The topological polar surface area (TPSA) is 102 Å². The third-order valence-electron chi connectivity index (χ3n) is 4.61. The van der Waals surface area contributed by atoms with Crippen molar-refractivity contribution in [1.82, 2.24) is 0 Å². The molecule has 0 aromatic heterocycles. The zero-order chi connectivity index (χ0) is 20.4. The van der Waals surface area contributed by atoms with Crippen molar-refractivity contribution in [3.05, 3.63) is 52.7 Å². The van der Waals surface area contributed by atoms with Gasteiger partial charge in [-0.1, -0.05) is 24.3 Å². The van der Waals surface area contributed by atoms with Gasteiger partial charge in [0, 0.05) is 5.39 Å². The highest BCUT2D eigenvalue weighted by atomic mass is 16.5. The normalized spacial score (nSPS) is 14.2. The zero-order valence-corrected chi connectivity index (χ0v) is 15.6. The van der Waals surface area contributed by atoms with E-state index in [1.165, 1.54) is 19.1 Å². The highest BCUT2D eigenvalue weighted by Crippen LogP contribution is 2.37. The van der Waals surface area contributed by atoms with Crippen molar-refractivity contribution < 1.29 is 33.7 Å². The predicted molar refractivity (Wildman–Crippen MR) is 100 cm³/mol. The van der Waals surface area contributed by atoms with Crippen molar-refractivity contribution in [3.8, 4) is 0 Å². The predicted octanol–water partition coefficient (Wildman–Crippen LogP) is 2.24. The summed E-state index contributed by atoms with van der Waals surface area (Å²) in [5.74, 6) is -2.56. The fourth-order valence-electron chi connectivity index (χ4n) is 3.32. The molecule has 28 heavy (non-hydrogen) atoms. The van der Waals surface area contributed by atoms with E-state index in [9.17, 15) is 19.5 Å². The Morgan fingerprint density at radius 2 is 1.79 bits per heavy atom. The molecule has 8 nitrogen and oxygen atoms in total. The van der Waals surface area contributed by atoms with Gasteiger partial charge >= 0.3 is 17.9 Å². The molecule has 1 aliphatic heterocycles. The Labute approximate surface area is 160 Å². The van der Waals surface area contributed by atoms with Crippen LogP contribution >= 0.6 is 0 Å². The van der Waals surface area contributed by atoms with Crippen molar-refractivity contribution in [2.45, 2.75) is 6.92 Å². The minimum Gasteiger partial charge on any atom is -0.478 e. The molecule has 8 heteroatoms. The fourth-order valence-corrected chi connectivity index (χ4v) is 3.32. The van der Waals surface area contributed by atoms with Gasteiger partial charge < -0.3 is 24.2 Å². The largest absolute Gasteiger partial charge is 0.478 e. The number of benzene rings is 2. The third-order valence-corrected chi connectivity index (χ3v) is 4.61. The summed E-state index contributed by atoms with van der Waals surface area (Å²) in [6, 6.07) is 8.75. The molecular weight excluding hydrogens is 366 g/mol. The SMILES string of the molecule is COC(=O)C1=C(C(=O)OC)N(c2c(C)c(C(=O)O)cc3ccccc23)COC1. The number of aromatic carboxylic acids is 1. The first-order chi connectivity index (χ1) is 13.4. The summed E-state index contributed by atoms with van der Waals surface area (Å²) < 4.78 is 15.2. The van der Waals surface area contributed by atoms with Crippen molar-refractivity contribution in [3.63, 3.8) is 0 Å². The summed E-state index contributed by atoms with van der Waals surface area (Å²) in [4.78, 5) is 38.0. The molecule has 2 aromatic carbocycles. The summed E-state index contributed by atoms with van der Waals surface area (Å²) in [7, 11) is 2.41. The number of nitrogens with zero attached hydrogens (tertiary/aromatic N) is 1. The van der Waals surface area contributed by atoms with E-state index in [1.807, 2.05) is 6.07 Å². The van der Waals surface area contributed by atoms with Crippen LogP contribution in [-0.4, -0.2) is 50.6 Å². The third kappa shape index (κ3) is 3.18. The number of hydrogen-bond acceptors (Lipinski definition) is 7. The van der Waals surface area contributed by atoms with Crippen LogP contribution in [0.4, 0.5) is 5.69 Å². The second kappa shape index (κ2) is 7.69. The maximum atomic E-state index is 12.5. The lowest BCUT2D eigenvalue weighted by molar-refractivity contribution is -0.140. The lowest BCUT2D eigenvalue weighted by atomic mass is 9.97. The molecule has 1 aliphatic rings. The van der Waals surface area contributed by atoms with Crippen LogP contribution in [0.3, 0.4) is 0 Å². The van der Waals surface area contributed by atoms with Crippen LogP contribution in [-0.2, 0) is 23.8 Å². The molecule has 0 amide bonds. The second-order valence-corrected chi connectivity index (χ2v) is 6.14. The maximum absolute atomic E-state index is 12.5. The van der Waals surface area contributed by atoms with E-state index in [2.05, 4.69) is 0 Å². The highest BCUT2D eigenvalue weighted by Gasteiger charge is 2.34. The Balaban J connectivity index is 2.36. The van der Waals surface area contributed by atoms with Crippen LogP contribution in [0.1, 0.15) is 15.9 Å². The number of ether oxygens (including phenoxy) is 3. The van der Waals surface area contributed by atoms with Crippen molar-refractivity contribution >= 4 is 34.4 Å². The Bertz CT molecular complexity index is 1010. The summed E-state index contributed by atoms with van der Waals surface area (Å²) in [6.45, 7) is 1.47. The number of carbonyl (C=O) groups is 3. The number of methoxy groups -OCH3 is 2. The van der Waals surface area contributed by atoms with Crippen molar-refractivity contribution in [2.75, 3.05) is 32.5 Å². The summed E-state index contributed by atoms with van der Waals surface area (Å²) in [5.41, 5.74) is 0.948. The van der Waals surface area contributed by atoms with Gasteiger partial charge in [-0.05, 0) is 23.9 Å². The maximum Gasteiger partial charge on any atom is 0.355 e. The first-order valence-electron chi connectivity index (χ1n) is 8.41. The Morgan fingerprint density at radius 3 is 2.43 bits per heavy atom. The lowest BCUT2D eigenvalue weighted by Crippen LogP contribution is -2.39. The summed E-state index contributed by atoms with van der Waals surface area (Å²) >= 11 is 0. The van der Waals surface area contributed by atoms with Crippen LogP contribution in [0.2, 0.25) is 0 Å². The molecule has 2 aromatic rings. The number of esters is 2. The zero-order valence-electron chi connectivity index (χ0n) is 15.6.